The Hall–Kier alpha value is -3.42. The molecule has 26 heavy (non-hydrogen) atoms. The molecule has 1 aliphatic heterocycles. The van der Waals surface area contributed by atoms with Crippen LogP contribution in [0.25, 0.3) is 11.1 Å². The number of aromatic nitrogens is 2. The van der Waals surface area contributed by atoms with E-state index in [1.165, 1.54) is 12.4 Å². The van der Waals surface area contributed by atoms with Crippen molar-refractivity contribution in [3.05, 3.63) is 66.2 Å². The molecule has 130 valence electrons. The zero-order valence-corrected chi connectivity index (χ0v) is 13.0. The predicted molar refractivity (Wildman–Crippen MR) is 86.9 cm³/mol. The maximum atomic E-state index is 12.9. The zero-order chi connectivity index (χ0) is 18.3. The van der Waals surface area contributed by atoms with Gasteiger partial charge in [-0.1, -0.05) is 6.07 Å². The predicted octanol–water partition coefficient (Wildman–Crippen LogP) is 4.52. The first-order chi connectivity index (χ1) is 12.4. The SMILES string of the molecule is O=C1Nc2cc(C(F)(F)F)ccc2Oc2ccc(-c3cncnc3)cc21. The molecule has 3 aromatic rings. The molecule has 1 aliphatic rings. The van der Waals surface area contributed by atoms with Crippen molar-refractivity contribution in [3.8, 4) is 22.6 Å². The highest BCUT2D eigenvalue weighted by Crippen LogP contribution is 2.40. The Morgan fingerprint density at radius 3 is 2.38 bits per heavy atom. The van der Waals surface area contributed by atoms with Crippen LogP contribution in [-0.2, 0) is 6.18 Å². The summed E-state index contributed by atoms with van der Waals surface area (Å²) in [6.07, 6.45) is 0.0557. The summed E-state index contributed by atoms with van der Waals surface area (Å²) in [6, 6.07) is 7.84. The number of nitrogens with one attached hydrogen (secondary N) is 1. The Kier molecular flexibility index (Phi) is 3.61. The normalized spacial score (nSPS) is 13.1. The fourth-order valence-corrected chi connectivity index (χ4v) is 2.63. The number of benzene rings is 2. The number of rotatable bonds is 1. The second-order valence-electron chi connectivity index (χ2n) is 5.60. The lowest BCUT2D eigenvalue weighted by atomic mass is 10.0. The van der Waals surface area contributed by atoms with Crippen LogP contribution < -0.4 is 10.1 Å². The summed E-state index contributed by atoms with van der Waals surface area (Å²) in [5.74, 6) is -0.167. The molecule has 2 heterocycles. The van der Waals surface area contributed by atoms with Crippen LogP contribution in [0, 0.1) is 0 Å². The number of fused-ring (bicyclic) bond motifs is 2. The molecular weight excluding hydrogens is 347 g/mol. The van der Waals surface area contributed by atoms with Crippen LogP contribution >= 0.6 is 0 Å². The van der Waals surface area contributed by atoms with E-state index in [0.717, 1.165) is 12.1 Å². The minimum absolute atomic E-state index is 0.0365. The zero-order valence-electron chi connectivity index (χ0n) is 13.0. The van der Waals surface area contributed by atoms with Crippen LogP contribution in [0.1, 0.15) is 15.9 Å². The molecule has 0 atom stereocenters. The van der Waals surface area contributed by atoms with Crippen LogP contribution in [0.15, 0.2) is 55.1 Å². The standard InChI is InChI=1S/C18H10F3N3O2/c19-18(20,21)12-2-4-16-14(6-12)24-17(25)13-5-10(1-3-15(13)26-16)11-7-22-9-23-8-11/h1-9H,(H,24,25). The van der Waals surface area contributed by atoms with Gasteiger partial charge in [-0.25, -0.2) is 9.97 Å². The highest BCUT2D eigenvalue weighted by atomic mass is 19.4. The number of carbonyl (C=O) groups is 1. The maximum absolute atomic E-state index is 12.9. The summed E-state index contributed by atoms with van der Waals surface area (Å²) in [7, 11) is 0. The number of alkyl halides is 3. The monoisotopic (exact) mass is 357 g/mol. The van der Waals surface area contributed by atoms with Gasteiger partial charge < -0.3 is 10.1 Å². The van der Waals surface area contributed by atoms with Gasteiger partial charge in [0.2, 0.25) is 0 Å². The van der Waals surface area contributed by atoms with Crippen LogP contribution in [0.2, 0.25) is 0 Å². The molecule has 0 radical (unpaired) electrons. The van der Waals surface area contributed by atoms with Crippen molar-refractivity contribution in [1.82, 2.24) is 9.97 Å². The minimum atomic E-state index is -4.51. The van der Waals surface area contributed by atoms with Crippen molar-refractivity contribution in [2.45, 2.75) is 6.18 Å². The molecule has 1 N–H and O–H groups in total. The smallest absolute Gasteiger partial charge is 0.416 e. The largest absolute Gasteiger partial charge is 0.454 e. The lowest BCUT2D eigenvalue weighted by Crippen LogP contribution is -2.12. The van der Waals surface area contributed by atoms with E-state index in [9.17, 15) is 18.0 Å². The molecule has 0 unspecified atom stereocenters. The lowest BCUT2D eigenvalue weighted by Gasteiger charge is -2.11. The second-order valence-corrected chi connectivity index (χ2v) is 5.60. The molecule has 0 saturated carbocycles. The number of halogens is 3. The van der Waals surface area contributed by atoms with Gasteiger partial charge in [0.1, 0.15) is 12.1 Å². The Morgan fingerprint density at radius 1 is 0.923 bits per heavy atom. The van der Waals surface area contributed by atoms with Gasteiger partial charge >= 0.3 is 6.18 Å². The number of amides is 1. The van der Waals surface area contributed by atoms with E-state index in [-0.39, 0.29) is 22.7 Å². The number of carbonyl (C=O) groups excluding carboxylic acids is 1. The van der Waals surface area contributed by atoms with Gasteiger partial charge in [0.25, 0.3) is 5.91 Å². The Balaban J connectivity index is 1.76. The molecule has 0 aliphatic carbocycles. The minimum Gasteiger partial charge on any atom is -0.454 e. The third-order valence-electron chi connectivity index (χ3n) is 3.89. The van der Waals surface area contributed by atoms with Crippen LogP contribution in [0.4, 0.5) is 18.9 Å². The number of anilines is 1. The third kappa shape index (κ3) is 2.85. The Labute approximate surface area is 145 Å². The fraction of sp³-hybridized carbons (Fsp3) is 0.0556. The second kappa shape index (κ2) is 5.83. The summed E-state index contributed by atoms with van der Waals surface area (Å²) < 4.78 is 44.3. The van der Waals surface area contributed by atoms with Gasteiger partial charge in [-0.05, 0) is 35.9 Å². The van der Waals surface area contributed by atoms with Gasteiger partial charge in [-0.3, -0.25) is 4.79 Å². The van der Waals surface area contributed by atoms with Gasteiger partial charge in [0.15, 0.2) is 5.75 Å². The van der Waals surface area contributed by atoms with Crippen molar-refractivity contribution >= 4 is 11.6 Å². The van der Waals surface area contributed by atoms with E-state index in [2.05, 4.69) is 15.3 Å². The van der Waals surface area contributed by atoms with Crippen molar-refractivity contribution in [2.75, 3.05) is 5.32 Å². The van der Waals surface area contributed by atoms with Crippen molar-refractivity contribution < 1.29 is 22.7 Å². The van der Waals surface area contributed by atoms with Crippen LogP contribution in [0.5, 0.6) is 11.5 Å². The molecule has 0 spiro atoms. The molecule has 4 rings (SSSR count). The summed E-state index contributed by atoms with van der Waals surface area (Å²) in [6.45, 7) is 0. The van der Waals surface area contributed by atoms with E-state index < -0.39 is 17.6 Å². The number of nitrogens with zero attached hydrogens (tertiary/aromatic N) is 2. The van der Waals surface area contributed by atoms with Crippen molar-refractivity contribution in [2.24, 2.45) is 0 Å². The molecule has 0 fully saturated rings. The summed E-state index contributed by atoms with van der Waals surface area (Å²) >= 11 is 0. The van der Waals surface area contributed by atoms with Gasteiger partial charge in [-0.2, -0.15) is 13.2 Å². The van der Waals surface area contributed by atoms with Gasteiger partial charge in [0, 0.05) is 18.0 Å². The van der Waals surface area contributed by atoms with E-state index in [4.69, 9.17) is 4.74 Å². The summed E-state index contributed by atoms with van der Waals surface area (Å²) in [4.78, 5) is 20.4. The molecule has 8 heteroatoms. The highest BCUT2D eigenvalue weighted by molar-refractivity contribution is 6.08. The third-order valence-corrected chi connectivity index (χ3v) is 3.89. The molecule has 0 bridgehead atoms. The lowest BCUT2D eigenvalue weighted by molar-refractivity contribution is -0.137. The highest BCUT2D eigenvalue weighted by Gasteiger charge is 2.32. The number of ether oxygens (including phenoxy) is 1. The van der Waals surface area contributed by atoms with E-state index in [1.807, 2.05) is 0 Å². The quantitative estimate of drug-likeness (QED) is 0.695. The molecular formula is C18H10F3N3O2. The topological polar surface area (TPSA) is 64.1 Å². The molecule has 2 aromatic carbocycles. The fourth-order valence-electron chi connectivity index (χ4n) is 2.63. The van der Waals surface area contributed by atoms with Crippen LogP contribution in [-0.4, -0.2) is 15.9 Å². The first-order valence-electron chi connectivity index (χ1n) is 7.52. The van der Waals surface area contributed by atoms with Crippen LogP contribution in [0.3, 0.4) is 0 Å². The molecule has 0 saturated heterocycles. The number of hydrogen-bond donors (Lipinski definition) is 1. The maximum Gasteiger partial charge on any atom is 0.416 e. The average molecular weight is 357 g/mol. The average Bonchev–Trinajstić information content (AvgIpc) is 2.76. The van der Waals surface area contributed by atoms with Crippen molar-refractivity contribution in [3.63, 3.8) is 0 Å². The van der Waals surface area contributed by atoms with E-state index >= 15 is 0 Å². The first kappa shape index (κ1) is 16.1. The van der Waals surface area contributed by atoms with E-state index in [0.29, 0.717) is 11.1 Å². The molecule has 1 amide bonds. The Morgan fingerprint density at radius 2 is 1.65 bits per heavy atom. The molecule has 1 aromatic heterocycles. The summed E-state index contributed by atoms with van der Waals surface area (Å²) in [5, 5.41) is 2.47. The van der Waals surface area contributed by atoms with Gasteiger partial charge in [-0.15, -0.1) is 0 Å². The van der Waals surface area contributed by atoms with E-state index in [1.54, 1.807) is 30.6 Å². The van der Waals surface area contributed by atoms with Crippen molar-refractivity contribution in [1.29, 1.82) is 0 Å². The molecule has 5 nitrogen and oxygen atoms in total. The van der Waals surface area contributed by atoms with Gasteiger partial charge in [0.05, 0.1) is 16.8 Å². The first-order valence-corrected chi connectivity index (χ1v) is 7.52. The Bertz CT molecular complexity index is 1000. The summed E-state index contributed by atoms with van der Waals surface area (Å²) in [5.41, 5.74) is 0.684. The number of hydrogen-bond acceptors (Lipinski definition) is 4.